The van der Waals surface area contributed by atoms with E-state index in [9.17, 15) is 9.59 Å². The number of carbonyl (C=O) groups is 2. The predicted molar refractivity (Wildman–Crippen MR) is 102 cm³/mol. The van der Waals surface area contributed by atoms with Crippen molar-refractivity contribution in [2.75, 3.05) is 18.4 Å². The first kappa shape index (κ1) is 19.0. The van der Waals surface area contributed by atoms with E-state index in [1.165, 1.54) is 12.5 Å². The third-order valence-corrected chi connectivity index (χ3v) is 4.26. The number of hydrogen-bond donors (Lipinski definition) is 1. The van der Waals surface area contributed by atoms with E-state index in [1.807, 2.05) is 48.5 Å². The van der Waals surface area contributed by atoms with Gasteiger partial charge in [-0.25, -0.2) is 0 Å². The SMILES string of the molecule is CCc1ccc(NC(=O)CN(CCc2ccc(Cl)cc2)C(C)=O)cc1. The molecule has 0 aliphatic rings. The summed E-state index contributed by atoms with van der Waals surface area (Å²) in [7, 11) is 0. The Balaban J connectivity index is 1.89. The van der Waals surface area contributed by atoms with Gasteiger partial charge in [0.1, 0.15) is 0 Å². The quantitative estimate of drug-likeness (QED) is 0.815. The summed E-state index contributed by atoms with van der Waals surface area (Å²) >= 11 is 5.87. The predicted octanol–water partition coefficient (Wildman–Crippen LogP) is 3.93. The van der Waals surface area contributed by atoms with E-state index in [0.717, 1.165) is 17.7 Å². The Morgan fingerprint density at radius 1 is 1.00 bits per heavy atom. The first-order valence-electron chi connectivity index (χ1n) is 8.36. The van der Waals surface area contributed by atoms with Gasteiger partial charge < -0.3 is 10.2 Å². The van der Waals surface area contributed by atoms with Crippen LogP contribution in [-0.2, 0) is 22.4 Å². The Bertz CT molecular complexity index is 711. The molecule has 0 saturated carbocycles. The van der Waals surface area contributed by atoms with Crippen molar-refractivity contribution in [3.05, 3.63) is 64.7 Å². The summed E-state index contributed by atoms with van der Waals surface area (Å²) in [4.78, 5) is 25.6. The molecule has 1 N–H and O–H groups in total. The summed E-state index contributed by atoms with van der Waals surface area (Å²) in [6.07, 6.45) is 1.63. The molecule has 0 spiro atoms. The van der Waals surface area contributed by atoms with Crippen LogP contribution in [0.4, 0.5) is 5.69 Å². The van der Waals surface area contributed by atoms with Crippen LogP contribution in [0.5, 0.6) is 0 Å². The standard InChI is InChI=1S/C20H23ClN2O2/c1-3-16-6-10-19(11-7-16)22-20(25)14-23(15(2)24)13-12-17-4-8-18(21)9-5-17/h4-11H,3,12-14H2,1-2H3,(H,22,25). The number of aryl methyl sites for hydroxylation is 1. The molecule has 0 bridgehead atoms. The van der Waals surface area contributed by atoms with E-state index >= 15 is 0 Å². The van der Waals surface area contributed by atoms with Gasteiger partial charge >= 0.3 is 0 Å². The molecule has 0 radical (unpaired) electrons. The summed E-state index contributed by atoms with van der Waals surface area (Å²) in [5.41, 5.74) is 3.03. The number of anilines is 1. The monoisotopic (exact) mass is 358 g/mol. The Morgan fingerprint density at radius 2 is 1.60 bits per heavy atom. The molecule has 2 aromatic carbocycles. The molecule has 0 aliphatic carbocycles. The van der Waals surface area contributed by atoms with Crippen molar-refractivity contribution in [2.45, 2.75) is 26.7 Å². The minimum Gasteiger partial charge on any atom is -0.333 e. The molecule has 2 amide bonds. The van der Waals surface area contributed by atoms with Gasteiger partial charge in [-0.1, -0.05) is 42.8 Å². The highest BCUT2D eigenvalue weighted by molar-refractivity contribution is 6.30. The largest absolute Gasteiger partial charge is 0.333 e. The molecular formula is C20H23ClN2O2. The Kier molecular flexibility index (Phi) is 7.02. The van der Waals surface area contributed by atoms with Crippen molar-refractivity contribution < 1.29 is 9.59 Å². The van der Waals surface area contributed by atoms with Gasteiger partial charge in [0.15, 0.2) is 0 Å². The molecule has 0 fully saturated rings. The summed E-state index contributed by atoms with van der Waals surface area (Å²) < 4.78 is 0. The van der Waals surface area contributed by atoms with Gasteiger partial charge in [-0.15, -0.1) is 0 Å². The number of halogens is 1. The van der Waals surface area contributed by atoms with Crippen molar-refractivity contribution in [1.29, 1.82) is 0 Å². The van der Waals surface area contributed by atoms with Crippen LogP contribution in [-0.4, -0.2) is 29.8 Å². The highest BCUT2D eigenvalue weighted by atomic mass is 35.5. The molecule has 5 heteroatoms. The van der Waals surface area contributed by atoms with Gasteiger partial charge in [0.2, 0.25) is 11.8 Å². The van der Waals surface area contributed by atoms with Crippen molar-refractivity contribution in [1.82, 2.24) is 4.90 Å². The number of nitrogens with zero attached hydrogens (tertiary/aromatic N) is 1. The zero-order valence-electron chi connectivity index (χ0n) is 14.6. The van der Waals surface area contributed by atoms with Crippen LogP contribution in [0.25, 0.3) is 0 Å². The maximum Gasteiger partial charge on any atom is 0.243 e. The van der Waals surface area contributed by atoms with Crippen LogP contribution in [0.1, 0.15) is 25.0 Å². The smallest absolute Gasteiger partial charge is 0.243 e. The summed E-state index contributed by atoms with van der Waals surface area (Å²) in [5, 5.41) is 3.52. The van der Waals surface area contributed by atoms with E-state index < -0.39 is 0 Å². The lowest BCUT2D eigenvalue weighted by Gasteiger charge is -2.20. The Morgan fingerprint density at radius 3 is 2.16 bits per heavy atom. The van der Waals surface area contributed by atoms with Gasteiger partial charge in [0.05, 0.1) is 6.54 Å². The average Bonchev–Trinajstić information content (AvgIpc) is 2.60. The summed E-state index contributed by atoms with van der Waals surface area (Å²) in [5.74, 6) is -0.319. The van der Waals surface area contributed by atoms with Gasteiger partial charge in [0.25, 0.3) is 0 Å². The first-order chi connectivity index (χ1) is 12.0. The molecule has 2 aromatic rings. The van der Waals surface area contributed by atoms with E-state index in [-0.39, 0.29) is 18.4 Å². The molecule has 0 unspecified atom stereocenters. The number of hydrogen-bond acceptors (Lipinski definition) is 2. The second-order valence-corrected chi connectivity index (χ2v) is 6.35. The van der Waals surface area contributed by atoms with Crippen LogP contribution >= 0.6 is 11.6 Å². The molecule has 0 aromatic heterocycles. The molecule has 25 heavy (non-hydrogen) atoms. The van der Waals surface area contributed by atoms with E-state index in [1.54, 1.807) is 4.90 Å². The van der Waals surface area contributed by atoms with Crippen LogP contribution in [0.3, 0.4) is 0 Å². The normalized spacial score (nSPS) is 10.4. The minimum absolute atomic E-state index is 0.0401. The van der Waals surface area contributed by atoms with Crippen LogP contribution in [0.15, 0.2) is 48.5 Å². The molecule has 0 saturated heterocycles. The third kappa shape index (κ3) is 6.24. The number of rotatable bonds is 7. The maximum absolute atomic E-state index is 12.2. The first-order valence-corrected chi connectivity index (χ1v) is 8.74. The fraction of sp³-hybridized carbons (Fsp3) is 0.300. The molecular weight excluding hydrogens is 336 g/mol. The minimum atomic E-state index is -0.199. The number of benzene rings is 2. The topological polar surface area (TPSA) is 49.4 Å². The number of amides is 2. The highest BCUT2D eigenvalue weighted by Gasteiger charge is 2.14. The van der Waals surface area contributed by atoms with Crippen molar-refractivity contribution in [3.63, 3.8) is 0 Å². The van der Waals surface area contributed by atoms with Crippen LogP contribution < -0.4 is 5.32 Å². The van der Waals surface area contributed by atoms with Gasteiger partial charge in [-0.3, -0.25) is 9.59 Å². The van der Waals surface area contributed by atoms with E-state index in [2.05, 4.69) is 12.2 Å². The fourth-order valence-corrected chi connectivity index (χ4v) is 2.59. The maximum atomic E-state index is 12.2. The van der Waals surface area contributed by atoms with Crippen molar-refractivity contribution in [3.8, 4) is 0 Å². The van der Waals surface area contributed by atoms with E-state index in [4.69, 9.17) is 11.6 Å². The van der Waals surface area contributed by atoms with Gasteiger partial charge in [0, 0.05) is 24.2 Å². The molecule has 0 atom stereocenters. The molecule has 0 heterocycles. The van der Waals surface area contributed by atoms with Crippen molar-refractivity contribution >= 4 is 29.1 Å². The second kappa shape index (κ2) is 9.23. The Hall–Kier alpha value is -2.33. The van der Waals surface area contributed by atoms with Gasteiger partial charge in [-0.2, -0.15) is 0 Å². The second-order valence-electron chi connectivity index (χ2n) is 5.92. The molecule has 4 nitrogen and oxygen atoms in total. The lowest BCUT2D eigenvalue weighted by Crippen LogP contribution is -2.38. The Labute approximate surface area is 153 Å². The summed E-state index contributed by atoms with van der Waals surface area (Å²) in [6.45, 7) is 4.09. The highest BCUT2D eigenvalue weighted by Crippen LogP contribution is 2.12. The lowest BCUT2D eigenvalue weighted by molar-refractivity contribution is -0.132. The molecule has 0 aliphatic heterocycles. The third-order valence-electron chi connectivity index (χ3n) is 4.01. The average molecular weight is 359 g/mol. The van der Waals surface area contributed by atoms with Gasteiger partial charge in [-0.05, 0) is 48.2 Å². The number of nitrogens with one attached hydrogen (secondary N) is 1. The zero-order chi connectivity index (χ0) is 18.2. The van der Waals surface area contributed by atoms with Crippen molar-refractivity contribution in [2.24, 2.45) is 0 Å². The molecule has 132 valence electrons. The fourth-order valence-electron chi connectivity index (χ4n) is 2.46. The van der Waals surface area contributed by atoms with E-state index in [0.29, 0.717) is 18.0 Å². The van der Waals surface area contributed by atoms with Crippen LogP contribution in [0, 0.1) is 0 Å². The number of carbonyl (C=O) groups excluding carboxylic acids is 2. The zero-order valence-corrected chi connectivity index (χ0v) is 15.3. The van der Waals surface area contributed by atoms with Crippen LogP contribution in [0.2, 0.25) is 5.02 Å². The molecule has 2 rings (SSSR count). The lowest BCUT2D eigenvalue weighted by atomic mass is 10.1. The summed E-state index contributed by atoms with van der Waals surface area (Å²) in [6, 6.07) is 15.2.